The summed E-state index contributed by atoms with van der Waals surface area (Å²) in [5.74, 6) is -0.377. The van der Waals surface area contributed by atoms with Gasteiger partial charge in [-0.1, -0.05) is 0 Å². The number of fused-ring (bicyclic) bond motifs is 1. The maximum atomic E-state index is 10.8. The molecular weight excluding hydrogens is 368 g/mol. The number of rotatable bonds is 7. The molecule has 8 nitrogen and oxygen atoms in total. The van der Waals surface area contributed by atoms with Gasteiger partial charge in [-0.05, 0) is 52.0 Å². The molecule has 1 N–H and O–H groups in total. The zero-order valence-corrected chi connectivity index (χ0v) is 17.2. The van der Waals surface area contributed by atoms with Gasteiger partial charge in [0.15, 0.2) is 11.6 Å². The standard InChI is InChI=1S/C20H30O8/c1-19(2,23-6)24-11-14-16-17(28-20(3,4)27-16)15(21)18(26-14)25-13-9-7-12(22-5)8-10-13/h7-10,14-18,21H,11H2,1-6H3/t14-,15-,16+,17-,18?/m1/s1. The van der Waals surface area contributed by atoms with Crippen LogP contribution in [0.1, 0.15) is 27.7 Å². The maximum Gasteiger partial charge on any atom is 0.229 e. The van der Waals surface area contributed by atoms with Crippen LogP contribution in [-0.4, -0.2) is 68.2 Å². The van der Waals surface area contributed by atoms with Crippen molar-refractivity contribution < 1.29 is 38.3 Å². The molecule has 2 heterocycles. The van der Waals surface area contributed by atoms with Gasteiger partial charge in [0.25, 0.3) is 0 Å². The van der Waals surface area contributed by atoms with Crippen molar-refractivity contribution in [2.24, 2.45) is 0 Å². The summed E-state index contributed by atoms with van der Waals surface area (Å²) >= 11 is 0. The van der Waals surface area contributed by atoms with Crippen molar-refractivity contribution in [1.82, 2.24) is 0 Å². The smallest absolute Gasteiger partial charge is 0.229 e. The second-order valence-electron chi connectivity index (χ2n) is 7.81. The quantitative estimate of drug-likeness (QED) is 0.699. The van der Waals surface area contributed by atoms with Crippen molar-refractivity contribution in [1.29, 1.82) is 0 Å². The molecule has 3 rings (SSSR count). The average molecular weight is 398 g/mol. The molecular formula is C20H30O8. The highest BCUT2D eigenvalue weighted by Crippen LogP contribution is 2.38. The predicted molar refractivity (Wildman–Crippen MR) is 99.2 cm³/mol. The highest BCUT2D eigenvalue weighted by Gasteiger charge is 2.55. The summed E-state index contributed by atoms with van der Waals surface area (Å²) in [6.45, 7) is 7.41. The van der Waals surface area contributed by atoms with Crippen molar-refractivity contribution >= 4 is 0 Å². The first-order valence-electron chi connectivity index (χ1n) is 9.33. The first-order valence-corrected chi connectivity index (χ1v) is 9.33. The van der Waals surface area contributed by atoms with Gasteiger partial charge in [-0.25, -0.2) is 0 Å². The van der Waals surface area contributed by atoms with Gasteiger partial charge in [0.05, 0.1) is 13.7 Å². The number of aliphatic hydroxyl groups is 1. The van der Waals surface area contributed by atoms with E-state index >= 15 is 0 Å². The molecule has 0 bridgehead atoms. The van der Waals surface area contributed by atoms with Gasteiger partial charge in [-0.3, -0.25) is 0 Å². The minimum atomic E-state index is -1.03. The lowest BCUT2D eigenvalue weighted by Gasteiger charge is -2.40. The van der Waals surface area contributed by atoms with E-state index in [4.69, 9.17) is 33.2 Å². The van der Waals surface area contributed by atoms with Crippen molar-refractivity contribution in [3.05, 3.63) is 24.3 Å². The molecule has 0 aromatic heterocycles. The molecule has 158 valence electrons. The fourth-order valence-electron chi connectivity index (χ4n) is 3.22. The highest BCUT2D eigenvalue weighted by atomic mass is 16.8. The molecule has 0 amide bonds. The van der Waals surface area contributed by atoms with E-state index < -0.39 is 42.3 Å². The van der Waals surface area contributed by atoms with Crippen molar-refractivity contribution in [3.8, 4) is 11.5 Å². The monoisotopic (exact) mass is 398 g/mol. The van der Waals surface area contributed by atoms with Crippen LogP contribution >= 0.6 is 0 Å². The second kappa shape index (κ2) is 8.14. The van der Waals surface area contributed by atoms with Gasteiger partial charge in [0.1, 0.15) is 35.9 Å². The molecule has 1 aromatic carbocycles. The van der Waals surface area contributed by atoms with E-state index in [9.17, 15) is 5.11 Å². The van der Waals surface area contributed by atoms with Gasteiger partial charge in [0.2, 0.25) is 6.29 Å². The Morgan fingerprint density at radius 2 is 1.64 bits per heavy atom. The molecule has 2 aliphatic heterocycles. The van der Waals surface area contributed by atoms with Crippen LogP contribution in [0.25, 0.3) is 0 Å². The molecule has 8 heteroatoms. The third-order valence-electron chi connectivity index (χ3n) is 4.85. The first kappa shape index (κ1) is 21.3. The van der Waals surface area contributed by atoms with Crippen LogP contribution in [0, 0.1) is 0 Å². The zero-order chi connectivity index (χ0) is 20.5. The molecule has 1 aromatic rings. The number of benzene rings is 1. The number of hydrogen-bond acceptors (Lipinski definition) is 8. The van der Waals surface area contributed by atoms with Crippen LogP contribution in [0.15, 0.2) is 24.3 Å². The molecule has 2 fully saturated rings. The van der Waals surface area contributed by atoms with Crippen LogP contribution in [0.4, 0.5) is 0 Å². The Labute approximate surface area is 165 Å². The summed E-state index contributed by atoms with van der Waals surface area (Å²) < 4.78 is 40.1. The minimum absolute atomic E-state index is 0.191. The van der Waals surface area contributed by atoms with Crippen LogP contribution in [0.3, 0.4) is 0 Å². The van der Waals surface area contributed by atoms with E-state index in [-0.39, 0.29) is 6.61 Å². The highest BCUT2D eigenvalue weighted by molar-refractivity contribution is 5.31. The lowest BCUT2D eigenvalue weighted by atomic mass is 9.99. The third kappa shape index (κ3) is 4.76. The Bertz CT molecular complexity index is 644. The summed E-state index contributed by atoms with van der Waals surface area (Å²) in [7, 11) is 3.16. The molecule has 0 radical (unpaired) electrons. The number of methoxy groups -OCH3 is 2. The van der Waals surface area contributed by atoms with E-state index in [0.29, 0.717) is 11.5 Å². The van der Waals surface area contributed by atoms with Crippen molar-refractivity contribution in [3.63, 3.8) is 0 Å². The SMILES string of the molecule is COc1ccc(OC2O[C@H](COC(C)(C)OC)[C@@H]3OC(C)(C)O[C@@H]3[C@H]2O)cc1. The van der Waals surface area contributed by atoms with E-state index in [2.05, 4.69) is 0 Å². The molecule has 28 heavy (non-hydrogen) atoms. The largest absolute Gasteiger partial charge is 0.497 e. The molecule has 0 spiro atoms. The Morgan fingerprint density at radius 3 is 2.25 bits per heavy atom. The Morgan fingerprint density at radius 1 is 1.04 bits per heavy atom. The first-order chi connectivity index (χ1) is 13.1. The summed E-state index contributed by atoms with van der Waals surface area (Å²) in [5, 5.41) is 10.8. The topological polar surface area (TPSA) is 84.8 Å². The molecule has 2 aliphatic rings. The number of hydrogen-bond donors (Lipinski definition) is 1. The number of aliphatic hydroxyl groups excluding tert-OH is 1. The maximum absolute atomic E-state index is 10.8. The van der Waals surface area contributed by atoms with Crippen LogP contribution in [0.2, 0.25) is 0 Å². The summed E-state index contributed by atoms with van der Waals surface area (Å²) in [6, 6.07) is 7.04. The minimum Gasteiger partial charge on any atom is -0.497 e. The molecule has 5 atom stereocenters. The van der Waals surface area contributed by atoms with Gasteiger partial charge < -0.3 is 38.3 Å². The lowest BCUT2D eigenvalue weighted by molar-refractivity contribution is -0.279. The van der Waals surface area contributed by atoms with Gasteiger partial charge >= 0.3 is 0 Å². The summed E-state index contributed by atoms with van der Waals surface area (Å²) in [4.78, 5) is 0. The molecule has 2 saturated heterocycles. The Balaban J connectivity index is 1.75. The van der Waals surface area contributed by atoms with Gasteiger partial charge in [-0.2, -0.15) is 0 Å². The lowest BCUT2D eigenvalue weighted by Crippen LogP contribution is -2.59. The summed E-state index contributed by atoms with van der Waals surface area (Å²) in [6.07, 6.45) is -3.57. The van der Waals surface area contributed by atoms with Gasteiger partial charge in [0, 0.05) is 7.11 Å². The van der Waals surface area contributed by atoms with Crippen LogP contribution < -0.4 is 9.47 Å². The fourth-order valence-corrected chi connectivity index (χ4v) is 3.22. The van der Waals surface area contributed by atoms with E-state index in [0.717, 1.165) is 0 Å². The van der Waals surface area contributed by atoms with Crippen molar-refractivity contribution in [2.75, 3.05) is 20.8 Å². The summed E-state index contributed by atoms with van der Waals surface area (Å²) in [5.41, 5.74) is 0. The molecule has 0 aliphatic carbocycles. The van der Waals surface area contributed by atoms with Gasteiger partial charge in [-0.15, -0.1) is 0 Å². The van der Waals surface area contributed by atoms with E-state index in [1.165, 1.54) is 0 Å². The Kier molecular flexibility index (Phi) is 6.19. The zero-order valence-electron chi connectivity index (χ0n) is 17.2. The second-order valence-corrected chi connectivity index (χ2v) is 7.81. The Hall–Kier alpha value is -1.42. The van der Waals surface area contributed by atoms with Crippen LogP contribution in [0.5, 0.6) is 11.5 Å². The van der Waals surface area contributed by atoms with Crippen molar-refractivity contribution in [2.45, 2.75) is 70.0 Å². The predicted octanol–water partition coefficient (Wildman–Crippen LogP) is 2.08. The number of ether oxygens (including phenoxy) is 7. The third-order valence-corrected chi connectivity index (χ3v) is 4.85. The van der Waals surface area contributed by atoms with E-state index in [1.54, 1.807) is 52.3 Å². The molecule has 1 unspecified atom stereocenters. The molecule has 0 saturated carbocycles. The van der Waals surface area contributed by atoms with Crippen LogP contribution in [-0.2, 0) is 23.7 Å². The van der Waals surface area contributed by atoms with E-state index in [1.807, 2.05) is 13.8 Å². The average Bonchev–Trinajstić information content (AvgIpc) is 2.99. The normalized spacial score (nSPS) is 32.0. The fraction of sp³-hybridized carbons (Fsp3) is 0.700.